The number of ether oxygens (including phenoxy) is 4. The van der Waals surface area contributed by atoms with E-state index in [0.717, 1.165) is 41.4 Å². The van der Waals surface area contributed by atoms with Crippen LogP contribution in [0.3, 0.4) is 0 Å². The third kappa shape index (κ3) is 4.90. The molecule has 0 bridgehead atoms. The molecule has 3 aromatic rings. The third-order valence-corrected chi connectivity index (χ3v) is 6.20. The van der Waals surface area contributed by atoms with E-state index in [1.165, 1.54) is 11.1 Å². The molecule has 2 aliphatic heterocycles. The van der Waals surface area contributed by atoms with Crippen LogP contribution in [0.1, 0.15) is 36.0 Å². The number of hydrogen-bond donors (Lipinski definition) is 0. The highest BCUT2D eigenvalue weighted by atomic mass is 16.7. The Morgan fingerprint density at radius 1 is 0.818 bits per heavy atom. The summed E-state index contributed by atoms with van der Waals surface area (Å²) in [7, 11) is 0. The van der Waals surface area contributed by atoms with Crippen LogP contribution in [0.25, 0.3) is 0 Å². The van der Waals surface area contributed by atoms with Gasteiger partial charge in [-0.15, -0.1) is 0 Å². The molecule has 0 spiro atoms. The van der Waals surface area contributed by atoms with Gasteiger partial charge >= 0.3 is 0 Å². The minimum Gasteiger partial charge on any atom is -0.454 e. The number of amides is 1. The van der Waals surface area contributed by atoms with E-state index >= 15 is 0 Å². The zero-order valence-corrected chi connectivity index (χ0v) is 18.7. The van der Waals surface area contributed by atoms with E-state index in [4.69, 9.17) is 18.9 Å². The lowest BCUT2D eigenvalue weighted by Crippen LogP contribution is -2.30. The van der Waals surface area contributed by atoms with Crippen LogP contribution in [0, 0.1) is 0 Å². The lowest BCUT2D eigenvalue weighted by molar-refractivity contribution is -0.129. The molecule has 170 valence electrons. The fourth-order valence-corrected chi connectivity index (χ4v) is 4.37. The van der Waals surface area contributed by atoms with Crippen molar-refractivity contribution >= 4 is 5.91 Å². The molecule has 0 radical (unpaired) electrons. The Bertz CT molecular complexity index is 1130. The third-order valence-electron chi connectivity index (χ3n) is 6.20. The van der Waals surface area contributed by atoms with Gasteiger partial charge in [-0.05, 0) is 59.7 Å². The highest BCUT2D eigenvalue weighted by Gasteiger charge is 2.21. The predicted molar refractivity (Wildman–Crippen MR) is 124 cm³/mol. The highest BCUT2D eigenvalue weighted by Crippen LogP contribution is 2.37. The molecular formula is C27H27NO5. The Kier molecular flexibility index (Phi) is 6.07. The second-order valence-electron chi connectivity index (χ2n) is 8.42. The molecule has 0 aliphatic carbocycles. The number of nitrogens with zero attached hydrogens (tertiary/aromatic N) is 1. The standard InChI is InChI=1S/C27H27NO5/c1-19(29)28(16-21-7-9-24-26(14-21)32-17-30-24)12-11-23(13-20-5-3-2-4-6-20)22-8-10-25-27(15-22)33-18-31-25/h2-10,14-15,23H,11-13,16-18H2,1H3/t23-/m1/s1. The van der Waals surface area contributed by atoms with Gasteiger partial charge in [0.2, 0.25) is 19.5 Å². The largest absolute Gasteiger partial charge is 0.454 e. The van der Waals surface area contributed by atoms with Crippen molar-refractivity contribution in [1.82, 2.24) is 4.90 Å². The van der Waals surface area contributed by atoms with Crippen LogP contribution < -0.4 is 18.9 Å². The summed E-state index contributed by atoms with van der Waals surface area (Å²) in [5.74, 6) is 3.34. The first-order valence-corrected chi connectivity index (χ1v) is 11.2. The topological polar surface area (TPSA) is 57.2 Å². The maximum Gasteiger partial charge on any atom is 0.231 e. The van der Waals surface area contributed by atoms with Crippen LogP contribution in [0.5, 0.6) is 23.0 Å². The quantitative estimate of drug-likeness (QED) is 0.493. The Labute approximate surface area is 193 Å². The van der Waals surface area contributed by atoms with E-state index in [0.29, 0.717) is 13.1 Å². The summed E-state index contributed by atoms with van der Waals surface area (Å²) in [6.07, 6.45) is 1.72. The molecule has 0 saturated carbocycles. The van der Waals surface area contributed by atoms with Gasteiger partial charge in [0.15, 0.2) is 23.0 Å². The first-order chi connectivity index (χ1) is 16.2. The number of benzene rings is 3. The average molecular weight is 446 g/mol. The lowest BCUT2D eigenvalue weighted by Gasteiger charge is -2.25. The van der Waals surface area contributed by atoms with Gasteiger partial charge in [0.1, 0.15) is 0 Å². The monoisotopic (exact) mass is 445 g/mol. The van der Waals surface area contributed by atoms with Crippen molar-refractivity contribution in [2.45, 2.75) is 32.2 Å². The lowest BCUT2D eigenvalue weighted by atomic mass is 9.88. The predicted octanol–water partition coefficient (Wildman–Crippen LogP) is 4.91. The Morgan fingerprint density at radius 2 is 1.48 bits per heavy atom. The summed E-state index contributed by atoms with van der Waals surface area (Å²) >= 11 is 0. The van der Waals surface area contributed by atoms with Crippen molar-refractivity contribution in [3.05, 3.63) is 83.4 Å². The SMILES string of the molecule is CC(=O)N(CC[C@H](Cc1ccccc1)c1ccc2c(c1)OCO2)Cc1ccc2c(c1)OCO2. The van der Waals surface area contributed by atoms with Gasteiger partial charge < -0.3 is 23.8 Å². The van der Waals surface area contributed by atoms with Crippen LogP contribution in [0.4, 0.5) is 0 Å². The second-order valence-corrected chi connectivity index (χ2v) is 8.42. The first-order valence-electron chi connectivity index (χ1n) is 11.2. The maximum absolute atomic E-state index is 12.5. The van der Waals surface area contributed by atoms with Gasteiger partial charge in [-0.1, -0.05) is 42.5 Å². The summed E-state index contributed by atoms with van der Waals surface area (Å²) in [6.45, 7) is 3.31. The van der Waals surface area contributed by atoms with Crippen LogP contribution in [-0.4, -0.2) is 30.9 Å². The minimum atomic E-state index is 0.0526. The van der Waals surface area contributed by atoms with Crippen LogP contribution in [-0.2, 0) is 17.8 Å². The van der Waals surface area contributed by atoms with Gasteiger partial charge in [0, 0.05) is 20.0 Å². The highest BCUT2D eigenvalue weighted by molar-refractivity contribution is 5.73. The zero-order valence-electron chi connectivity index (χ0n) is 18.7. The molecule has 2 heterocycles. The van der Waals surface area contributed by atoms with E-state index in [2.05, 4.69) is 36.4 Å². The van der Waals surface area contributed by atoms with E-state index in [1.807, 2.05) is 35.2 Å². The van der Waals surface area contributed by atoms with Crippen LogP contribution in [0.15, 0.2) is 66.7 Å². The van der Waals surface area contributed by atoms with Crippen LogP contribution >= 0.6 is 0 Å². The van der Waals surface area contributed by atoms with E-state index in [1.54, 1.807) is 6.92 Å². The molecule has 33 heavy (non-hydrogen) atoms. The molecular weight excluding hydrogens is 418 g/mol. The summed E-state index contributed by atoms with van der Waals surface area (Å²) in [5, 5.41) is 0. The number of carbonyl (C=O) groups is 1. The molecule has 1 atom stereocenters. The number of hydrogen-bond acceptors (Lipinski definition) is 5. The number of carbonyl (C=O) groups excluding carboxylic acids is 1. The Balaban J connectivity index is 1.33. The van der Waals surface area contributed by atoms with Crippen LogP contribution in [0.2, 0.25) is 0 Å². The van der Waals surface area contributed by atoms with E-state index in [-0.39, 0.29) is 25.4 Å². The fraction of sp³-hybridized carbons (Fsp3) is 0.296. The molecule has 1 amide bonds. The molecule has 5 rings (SSSR count). The Hall–Kier alpha value is -3.67. The van der Waals surface area contributed by atoms with Crippen molar-refractivity contribution in [1.29, 1.82) is 0 Å². The van der Waals surface area contributed by atoms with Crippen molar-refractivity contribution in [3.63, 3.8) is 0 Å². The Morgan fingerprint density at radius 3 is 2.21 bits per heavy atom. The van der Waals surface area contributed by atoms with Gasteiger partial charge in [-0.3, -0.25) is 4.79 Å². The summed E-state index contributed by atoms with van der Waals surface area (Å²) < 4.78 is 22.0. The smallest absolute Gasteiger partial charge is 0.231 e. The average Bonchev–Trinajstić information content (AvgIpc) is 3.49. The molecule has 0 saturated heterocycles. The summed E-state index contributed by atoms with van der Waals surface area (Å²) in [4.78, 5) is 14.4. The minimum absolute atomic E-state index is 0.0526. The van der Waals surface area contributed by atoms with Crippen molar-refractivity contribution in [2.24, 2.45) is 0 Å². The maximum atomic E-state index is 12.5. The second kappa shape index (κ2) is 9.45. The molecule has 2 aliphatic rings. The van der Waals surface area contributed by atoms with Gasteiger partial charge in [-0.2, -0.15) is 0 Å². The van der Waals surface area contributed by atoms with E-state index < -0.39 is 0 Å². The van der Waals surface area contributed by atoms with Crippen molar-refractivity contribution < 1.29 is 23.7 Å². The molecule has 6 heteroatoms. The fourth-order valence-electron chi connectivity index (χ4n) is 4.37. The molecule has 0 unspecified atom stereocenters. The van der Waals surface area contributed by atoms with Gasteiger partial charge in [-0.25, -0.2) is 0 Å². The number of fused-ring (bicyclic) bond motifs is 2. The van der Waals surface area contributed by atoms with E-state index in [9.17, 15) is 4.79 Å². The van der Waals surface area contributed by atoms with Gasteiger partial charge in [0.25, 0.3) is 0 Å². The zero-order chi connectivity index (χ0) is 22.6. The molecule has 0 aromatic heterocycles. The molecule has 0 fully saturated rings. The summed E-state index contributed by atoms with van der Waals surface area (Å²) in [5.41, 5.74) is 3.48. The normalized spacial score (nSPS) is 14.2. The molecule has 6 nitrogen and oxygen atoms in total. The van der Waals surface area contributed by atoms with Crippen molar-refractivity contribution in [3.8, 4) is 23.0 Å². The first kappa shape index (κ1) is 21.2. The molecule has 3 aromatic carbocycles. The van der Waals surface area contributed by atoms with Crippen molar-refractivity contribution in [2.75, 3.05) is 20.1 Å². The number of rotatable bonds is 8. The molecule has 0 N–H and O–H groups in total. The summed E-state index contributed by atoms with van der Waals surface area (Å²) in [6, 6.07) is 22.5. The van der Waals surface area contributed by atoms with Gasteiger partial charge in [0.05, 0.1) is 0 Å².